The molecule has 0 bridgehead atoms. The SMILES string of the molecule is OCCCCc1cn(-c2ccc(F)cc2)c2ccc(Cl)cc12. The van der Waals surface area contributed by atoms with Gasteiger partial charge < -0.3 is 9.67 Å². The van der Waals surface area contributed by atoms with Crippen LogP contribution in [0.15, 0.2) is 48.7 Å². The third-order valence-corrected chi connectivity index (χ3v) is 4.04. The number of hydrogen-bond acceptors (Lipinski definition) is 1. The van der Waals surface area contributed by atoms with Crippen molar-refractivity contribution in [2.75, 3.05) is 6.61 Å². The van der Waals surface area contributed by atoms with Crippen molar-refractivity contribution < 1.29 is 9.50 Å². The number of benzene rings is 2. The third-order valence-electron chi connectivity index (χ3n) is 3.81. The van der Waals surface area contributed by atoms with Crippen LogP contribution in [0.2, 0.25) is 5.02 Å². The molecule has 0 amide bonds. The maximum absolute atomic E-state index is 13.1. The van der Waals surface area contributed by atoms with Gasteiger partial charge in [0.2, 0.25) is 0 Å². The number of aryl methyl sites for hydroxylation is 1. The smallest absolute Gasteiger partial charge is 0.123 e. The summed E-state index contributed by atoms with van der Waals surface area (Å²) in [6.07, 6.45) is 4.66. The lowest BCUT2D eigenvalue weighted by molar-refractivity contribution is 0.284. The highest BCUT2D eigenvalue weighted by Gasteiger charge is 2.10. The Labute approximate surface area is 133 Å². The first-order chi connectivity index (χ1) is 10.7. The number of rotatable bonds is 5. The van der Waals surface area contributed by atoms with Crippen LogP contribution in [0.25, 0.3) is 16.6 Å². The molecular weight excluding hydrogens is 301 g/mol. The van der Waals surface area contributed by atoms with Gasteiger partial charge in [-0.1, -0.05) is 11.6 Å². The van der Waals surface area contributed by atoms with E-state index in [0.29, 0.717) is 5.02 Å². The Morgan fingerprint density at radius 2 is 1.82 bits per heavy atom. The zero-order valence-electron chi connectivity index (χ0n) is 12.1. The minimum Gasteiger partial charge on any atom is -0.396 e. The van der Waals surface area contributed by atoms with Crippen molar-refractivity contribution in [3.05, 3.63) is 65.1 Å². The normalized spacial score (nSPS) is 11.2. The van der Waals surface area contributed by atoms with Gasteiger partial charge in [0.05, 0.1) is 5.52 Å². The van der Waals surface area contributed by atoms with Gasteiger partial charge in [0, 0.05) is 28.9 Å². The third kappa shape index (κ3) is 3.01. The van der Waals surface area contributed by atoms with Crippen molar-refractivity contribution in [2.24, 2.45) is 0 Å². The molecule has 0 atom stereocenters. The summed E-state index contributed by atoms with van der Waals surface area (Å²) < 4.78 is 15.2. The summed E-state index contributed by atoms with van der Waals surface area (Å²) in [6.45, 7) is 0.206. The quantitative estimate of drug-likeness (QED) is 0.676. The second-order valence-electron chi connectivity index (χ2n) is 5.34. The molecule has 0 radical (unpaired) electrons. The van der Waals surface area contributed by atoms with E-state index in [4.69, 9.17) is 16.7 Å². The zero-order chi connectivity index (χ0) is 15.5. The second kappa shape index (κ2) is 6.51. The Hall–Kier alpha value is -1.84. The first-order valence-electron chi connectivity index (χ1n) is 7.35. The summed E-state index contributed by atoms with van der Waals surface area (Å²) in [5.74, 6) is -0.244. The highest BCUT2D eigenvalue weighted by Crippen LogP contribution is 2.28. The number of fused-ring (bicyclic) bond motifs is 1. The van der Waals surface area contributed by atoms with E-state index < -0.39 is 0 Å². The molecule has 0 aliphatic rings. The highest BCUT2D eigenvalue weighted by molar-refractivity contribution is 6.31. The van der Waals surface area contributed by atoms with E-state index in [1.54, 1.807) is 12.1 Å². The lowest BCUT2D eigenvalue weighted by Crippen LogP contribution is -1.92. The van der Waals surface area contributed by atoms with Crippen LogP contribution in [-0.2, 0) is 6.42 Å². The summed E-state index contributed by atoms with van der Waals surface area (Å²) in [7, 11) is 0. The number of hydrogen-bond donors (Lipinski definition) is 1. The topological polar surface area (TPSA) is 25.2 Å². The van der Waals surface area contributed by atoms with Crippen LogP contribution < -0.4 is 0 Å². The predicted octanol–water partition coefficient (Wildman–Crippen LogP) is 4.74. The van der Waals surface area contributed by atoms with Gasteiger partial charge in [0.15, 0.2) is 0 Å². The summed E-state index contributed by atoms with van der Waals surface area (Å²) in [4.78, 5) is 0. The molecule has 1 heterocycles. The van der Waals surface area contributed by atoms with Gasteiger partial charge in [0.25, 0.3) is 0 Å². The maximum Gasteiger partial charge on any atom is 0.123 e. The van der Waals surface area contributed by atoms with Crippen molar-refractivity contribution in [1.82, 2.24) is 4.57 Å². The van der Waals surface area contributed by atoms with Gasteiger partial charge in [0.1, 0.15) is 5.82 Å². The predicted molar refractivity (Wildman–Crippen MR) is 88.3 cm³/mol. The molecule has 1 aromatic heterocycles. The van der Waals surface area contributed by atoms with E-state index in [9.17, 15) is 4.39 Å². The molecule has 0 spiro atoms. The number of aliphatic hydroxyl groups excluding tert-OH is 1. The molecule has 2 nitrogen and oxygen atoms in total. The Morgan fingerprint density at radius 3 is 2.55 bits per heavy atom. The van der Waals surface area contributed by atoms with Crippen LogP contribution in [-0.4, -0.2) is 16.3 Å². The molecule has 4 heteroatoms. The molecule has 114 valence electrons. The second-order valence-corrected chi connectivity index (χ2v) is 5.78. The average Bonchev–Trinajstić information content (AvgIpc) is 2.86. The molecule has 22 heavy (non-hydrogen) atoms. The van der Waals surface area contributed by atoms with Crippen molar-refractivity contribution in [1.29, 1.82) is 0 Å². The summed E-state index contributed by atoms with van der Waals surface area (Å²) in [6, 6.07) is 12.3. The summed E-state index contributed by atoms with van der Waals surface area (Å²) in [5, 5.41) is 10.8. The number of unbranched alkanes of at least 4 members (excludes halogenated alkanes) is 1. The molecule has 0 aliphatic carbocycles. The maximum atomic E-state index is 13.1. The lowest BCUT2D eigenvalue weighted by Gasteiger charge is -2.05. The van der Waals surface area contributed by atoms with E-state index in [1.807, 2.05) is 18.2 Å². The van der Waals surface area contributed by atoms with Crippen LogP contribution in [0, 0.1) is 5.82 Å². The van der Waals surface area contributed by atoms with Gasteiger partial charge >= 0.3 is 0 Å². The van der Waals surface area contributed by atoms with Crippen LogP contribution in [0.1, 0.15) is 18.4 Å². The molecule has 0 saturated heterocycles. The van der Waals surface area contributed by atoms with E-state index in [1.165, 1.54) is 17.7 Å². The molecule has 3 rings (SSSR count). The first-order valence-corrected chi connectivity index (χ1v) is 7.73. The Bertz CT molecular complexity index is 780. The Morgan fingerprint density at radius 1 is 1.05 bits per heavy atom. The number of halogens is 2. The van der Waals surface area contributed by atoms with Crippen LogP contribution in [0.3, 0.4) is 0 Å². The van der Waals surface area contributed by atoms with Gasteiger partial charge in [-0.2, -0.15) is 0 Å². The minimum atomic E-state index is -0.244. The van der Waals surface area contributed by atoms with Crippen LogP contribution >= 0.6 is 11.6 Å². The number of aromatic nitrogens is 1. The van der Waals surface area contributed by atoms with Gasteiger partial charge in [-0.15, -0.1) is 0 Å². The average molecular weight is 318 g/mol. The Kier molecular flexibility index (Phi) is 4.46. The van der Waals surface area contributed by atoms with Crippen LogP contribution in [0.5, 0.6) is 0 Å². The molecule has 0 unspecified atom stereocenters. The zero-order valence-corrected chi connectivity index (χ0v) is 12.9. The summed E-state index contributed by atoms with van der Waals surface area (Å²) in [5.41, 5.74) is 3.16. The van der Waals surface area contributed by atoms with E-state index >= 15 is 0 Å². The molecule has 0 fully saturated rings. The monoisotopic (exact) mass is 317 g/mol. The van der Waals surface area contributed by atoms with E-state index in [0.717, 1.165) is 35.9 Å². The van der Waals surface area contributed by atoms with Crippen LogP contribution in [0.4, 0.5) is 4.39 Å². The largest absolute Gasteiger partial charge is 0.396 e. The van der Waals surface area contributed by atoms with Crippen molar-refractivity contribution in [2.45, 2.75) is 19.3 Å². The number of nitrogens with zero attached hydrogens (tertiary/aromatic N) is 1. The van der Waals surface area contributed by atoms with Crippen molar-refractivity contribution >= 4 is 22.5 Å². The van der Waals surface area contributed by atoms with Crippen molar-refractivity contribution in [3.63, 3.8) is 0 Å². The van der Waals surface area contributed by atoms with Gasteiger partial charge in [-0.3, -0.25) is 0 Å². The molecule has 0 aliphatic heterocycles. The lowest BCUT2D eigenvalue weighted by atomic mass is 10.1. The first kappa shape index (κ1) is 15.1. The van der Waals surface area contributed by atoms with Gasteiger partial charge in [-0.25, -0.2) is 4.39 Å². The minimum absolute atomic E-state index is 0.206. The fourth-order valence-corrected chi connectivity index (χ4v) is 2.88. The molecule has 3 aromatic rings. The standard InChI is InChI=1S/C18H17ClFNO/c19-14-4-9-18-17(11-14)13(3-1-2-10-22)12-21(18)16-7-5-15(20)6-8-16/h4-9,11-12,22H,1-3,10H2. The fourth-order valence-electron chi connectivity index (χ4n) is 2.71. The molecule has 1 N–H and O–H groups in total. The van der Waals surface area contributed by atoms with Crippen molar-refractivity contribution in [3.8, 4) is 5.69 Å². The van der Waals surface area contributed by atoms with E-state index in [2.05, 4.69) is 10.8 Å². The van der Waals surface area contributed by atoms with E-state index in [-0.39, 0.29) is 12.4 Å². The molecule has 2 aromatic carbocycles. The van der Waals surface area contributed by atoms with Gasteiger partial charge in [-0.05, 0) is 67.3 Å². The molecule has 0 saturated carbocycles. The highest BCUT2D eigenvalue weighted by atomic mass is 35.5. The fraction of sp³-hybridized carbons (Fsp3) is 0.222. The molecular formula is C18H17ClFNO. The summed E-state index contributed by atoms with van der Waals surface area (Å²) >= 11 is 6.13. The Balaban J connectivity index is 2.08. The number of aliphatic hydroxyl groups is 1.